The second-order valence-electron chi connectivity index (χ2n) is 4.15. The van der Waals surface area contributed by atoms with Crippen LogP contribution >= 0.6 is 15.9 Å². The van der Waals surface area contributed by atoms with Crippen molar-refractivity contribution in [1.29, 1.82) is 0 Å². The molecular weight excluding hydrogens is 331 g/mol. The van der Waals surface area contributed by atoms with E-state index in [0.717, 1.165) is 0 Å². The van der Waals surface area contributed by atoms with Crippen LogP contribution in [-0.2, 0) is 0 Å². The molecule has 0 saturated carbocycles. The molecule has 0 aliphatic heterocycles. The molecule has 0 aromatic heterocycles. The van der Waals surface area contributed by atoms with Crippen molar-refractivity contribution in [2.75, 3.05) is 0 Å². The quantitative estimate of drug-likeness (QED) is 0.701. The number of hydrogen-bond acceptors (Lipinski definition) is 0. The summed E-state index contributed by atoms with van der Waals surface area (Å²) in [5.74, 6) is 0. The van der Waals surface area contributed by atoms with E-state index in [4.69, 9.17) is 0 Å². The molecule has 0 N–H and O–H groups in total. The maximum absolute atomic E-state index is 3.69. The van der Waals surface area contributed by atoms with Crippen LogP contribution in [0.25, 0.3) is 6.08 Å². The van der Waals surface area contributed by atoms with Gasteiger partial charge in [0.1, 0.15) is 0 Å². The zero-order valence-corrected chi connectivity index (χ0v) is 12.8. The van der Waals surface area contributed by atoms with Crippen molar-refractivity contribution < 1.29 is 0 Å². The van der Waals surface area contributed by atoms with Crippen molar-refractivity contribution in [3.05, 3.63) is 38.4 Å². The Kier molecular flexibility index (Phi) is 4.04. The van der Waals surface area contributed by atoms with Crippen molar-refractivity contribution in [2.45, 2.75) is 14.8 Å². The third-order valence-electron chi connectivity index (χ3n) is 1.81. The summed E-state index contributed by atoms with van der Waals surface area (Å²) in [5.41, 5.74) is 1.29. The predicted molar refractivity (Wildman–Crippen MR) is 66.7 cm³/mol. The van der Waals surface area contributed by atoms with Crippen LogP contribution in [0.2, 0.25) is 14.8 Å². The molecule has 0 spiro atoms. The van der Waals surface area contributed by atoms with Gasteiger partial charge in [-0.25, -0.2) is 0 Å². The predicted octanol–water partition coefficient (Wildman–Crippen LogP) is 4.30. The van der Waals surface area contributed by atoms with E-state index in [-0.39, 0.29) is 0 Å². The van der Waals surface area contributed by atoms with E-state index >= 15 is 0 Å². The van der Waals surface area contributed by atoms with Crippen LogP contribution in [0.15, 0.2) is 32.8 Å². The van der Waals surface area contributed by atoms with Gasteiger partial charge in [-0.3, -0.25) is 0 Å². The van der Waals surface area contributed by atoms with E-state index in [1.165, 1.54) is 8.06 Å². The van der Waals surface area contributed by atoms with Crippen LogP contribution in [0, 0.1) is 0 Å². The normalized spacial score (nSPS) is 13.1. The molecule has 0 radical (unpaired) electrons. The van der Waals surface area contributed by atoms with Gasteiger partial charge in [-0.2, -0.15) is 0 Å². The standard InChI is InChI=1S/C8H6Br.3CH3.Sn/c9-7-6-8-4-2-1-3-5-8;;;;/h1-6H;3*1H3;. The van der Waals surface area contributed by atoms with Crippen LogP contribution in [-0.4, -0.2) is 18.4 Å². The summed E-state index contributed by atoms with van der Waals surface area (Å²) < 4.78 is 1.44. The van der Waals surface area contributed by atoms with E-state index in [9.17, 15) is 0 Å². The SMILES string of the molecule is [CH3][Sn]([CH3])([CH3])/[C](Br)=C\c1ccccc1. The second kappa shape index (κ2) is 4.65. The fourth-order valence-electron chi connectivity index (χ4n) is 0.912. The van der Waals surface area contributed by atoms with Gasteiger partial charge in [0, 0.05) is 0 Å². The molecule has 0 bridgehead atoms. The Balaban J connectivity index is 2.90. The summed E-state index contributed by atoms with van der Waals surface area (Å²) in [4.78, 5) is 7.20. The van der Waals surface area contributed by atoms with Crippen LogP contribution in [0.4, 0.5) is 0 Å². The third kappa shape index (κ3) is 3.86. The van der Waals surface area contributed by atoms with Gasteiger partial charge < -0.3 is 0 Å². The molecule has 0 saturated heterocycles. The van der Waals surface area contributed by atoms with Gasteiger partial charge >= 0.3 is 93.6 Å². The van der Waals surface area contributed by atoms with Gasteiger partial charge in [0.15, 0.2) is 0 Å². The van der Waals surface area contributed by atoms with Gasteiger partial charge in [0.2, 0.25) is 0 Å². The average molecular weight is 346 g/mol. The molecule has 2 heteroatoms. The van der Waals surface area contributed by atoms with Gasteiger partial charge in [-0.05, 0) is 0 Å². The number of benzene rings is 1. The Labute approximate surface area is 93.1 Å². The summed E-state index contributed by atoms with van der Waals surface area (Å²) in [5, 5.41) is 0. The monoisotopic (exact) mass is 346 g/mol. The molecule has 0 atom stereocenters. The third-order valence-corrected chi connectivity index (χ3v) is 14.5. The molecule has 0 unspecified atom stereocenters. The number of rotatable bonds is 2. The summed E-state index contributed by atoms with van der Waals surface area (Å²) in [6.07, 6.45) is 2.26. The first-order valence-electron chi connectivity index (χ1n) is 4.43. The molecule has 0 nitrogen and oxygen atoms in total. The fraction of sp³-hybridized carbons (Fsp3) is 0.273. The second-order valence-corrected chi connectivity index (χ2v) is 21.5. The molecule has 70 valence electrons. The Bertz CT molecular complexity index is 296. The van der Waals surface area contributed by atoms with Crippen molar-refractivity contribution in [1.82, 2.24) is 0 Å². The summed E-state index contributed by atoms with van der Waals surface area (Å²) in [6.45, 7) is 0. The minimum absolute atomic E-state index is 1.29. The molecule has 0 aliphatic rings. The van der Waals surface area contributed by atoms with Crippen molar-refractivity contribution in [3.8, 4) is 0 Å². The Morgan fingerprint density at radius 3 is 2.15 bits per heavy atom. The minimum atomic E-state index is -1.86. The van der Waals surface area contributed by atoms with Gasteiger partial charge in [0.25, 0.3) is 0 Å². The van der Waals surface area contributed by atoms with E-state index < -0.39 is 18.4 Å². The Hall–Kier alpha value is 0.239. The van der Waals surface area contributed by atoms with Crippen LogP contribution in [0.3, 0.4) is 0 Å². The van der Waals surface area contributed by atoms with E-state index in [2.05, 4.69) is 61.1 Å². The zero-order valence-electron chi connectivity index (χ0n) is 8.34. The van der Waals surface area contributed by atoms with Crippen molar-refractivity contribution in [3.63, 3.8) is 0 Å². The Morgan fingerprint density at radius 1 is 1.15 bits per heavy atom. The summed E-state index contributed by atoms with van der Waals surface area (Å²) in [6, 6.07) is 10.5. The first-order valence-corrected chi connectivity index (χ1v) is 15.2. The Morgan fingerprint density at radius 2 is 1.69 bits per heavy atom. The molecule has 0 amide bonds. The molecule has 0 heterocycles. The maximum atomic E-state index is 3.69. The first kappa shape index (κ1) is 11.3. The molecule has 1 aromatic carbocycles. The topological polar surface area (TPSA) is 0 Å². The van der Waals surface area contributed by atoms with Crippen LogP contribution in [0.1, 0.15) is 5.56 Å². The number of halogens is 1. The van der Waals surface area contributed by atoms with Gasteiger partial charge in [-0.15, -0.1) is 0 Å². The molecule has 13 heavy (non-hydrogen) atoms. The zero-order chi connectivity index (χ0) is 9.90. The molecule has 1 rings (SSSR count). The van der Waals surface area contributed by atoms with E-state index in [1.807, 2.05) is 6.07 Å². The van der Waals surface area contributed by atoms with Gasteiger partial charge in [-0.1, -0.05) is 0 Å². The van der Waals surface area contributed by atoms with E-state index in [1.54, 1.807) is 0 Å². The summed E-state index contributed by atoms with van der Waals surface area (Å²) in [7, 11) is 0. The van der Waals surface area contributed by atoms with E-state index in [0.29, 0.717) is 0 Å². The number of hydrogen-bond donors (Lipinski definition) is 0. The molecule has 0 fully saturated rings. The molecular formula is C11H15BrSn. The van der Waals surface area contributed by atoms with Crippen molar-refractivity contribution >= 4 is 40.4 Å². The van der Waals surface area contributed by atoms with Crippen LogP contribution in [0.5, 0.6) is 0 Å². The van der Waals surface area contributed by atoms with Crippen LogP contribution < -0.4 is 0 Å². The molecule has 1 aromatic rings. The average Bonchev–Trinajstić information content (AvgIpc) is 2.04. The first-order chi connectivity index (χ1) is 6.00. The fourth-order valence-corrected chi connectivity index (χ4v) is 2.89. The van der Waals surface area contributed by atoms with Crippen molar-refractivity contribution in [2.24, 2.45) is 0 Å². The summed E-state index contributed by atoms with van der Waals surface area (Å²) >= 11 is 1.83. The van der Waals surface area contributed by atoms with Gasteiger partial charge in [0.05, 0.1) is 0 Å². The molecule has 0 aliphatic carbocycles.